The first-order chi connectivity index (χ1) is 5.61. The number of carbonyl (C=O) groups is 1. The number of rotatable bonds is 2. The Bertz CT molecular complexity index is 162. The normalized spacial score (nSPS) is 32.9. The summed E-state index contributed by atoms with van der Waals surface area (Å²) in [5.41, 5.74) is 0. The highest BCUT2D eigenvalue weighted by molar-refractivity contribution is 9.10. The van der Waals surface area contributed by atoms with Gasteiger partial charge in [-0.1, -0.05) is 15.9 Å². The SMILES string of the molecule is CC(Br)C(=O)C1CCC(F)CC1. The number of halogens is 2. The van der Waals surface area contributed by atoms with Gasteiger partial charge in [-0.25, -0.2) is 4.39 Å². The zero-order chi connectivity index (χ0) is 9.14. The van der Waals surface area contributed by atoms with Gasteiger partial charge >= 0.3 is 0 Å². The fourth-order valence-corrected chi connectivity index (χ4v) is 2.04. The Balaban J connectivity index is 2.39. The van der Waals surface area contributed by atoms with Gasteiger partial charge in [-0.3, -0.25) is 4.79 Å². The van der Waals surface area contributed by atoms with E-state index in [0.29, 0.717) is 12.8 Å². The Morgan fingerprint density at radius 1 is 1.42 bits per heavy atom. The summed E-state index contributed by atoms with van der Waals surface area (Å²) < 4.78 is 12.7. The standard InChI is InChI=1S/C9H14BrFO/c1-6(10)9(12)7-2-4-8(11)5-3-7/h6-8H,2-5H2,1H3. The molecule has 0 heterocycles. The molecule has 0 radical (unpaired) electrons. The molecule has 1 aliphatic rings. The van der Waals surface area contributed by atoms with Gasteiger partial charge in [0.2, 0.25) is 0 Å². The van der Waals surface area contributed by atoms with Crippen LogP contribution >= 0.6 is 15.9 Å². The average molecular weight is 237 g/mol. The Morgan fingerprint density at radius 3 is 2.33 bits per heavy atom. The molecule has 70 valence electrons. The molecule has 0 amide bonds. The van der Waals surface area contributed by atoms with Crippen LogP contribution in [-0.2, 0) is 4.79 Å². The van der Waals surface area contributed by atoms with E-state index in [4.69, 9.17) is 0 Å². The lowest BCUT2D eigenvalue weighted by Crippen LogP contribution is -2.26. The van der Waals surface area contributed by atoms with Gasteiger partial charge in [-0.05, 0) is 32.6 Å². The van der Waals surface area contributed by atoms with Crippen LogP contribution in [0, 0.1) is 5.92 Å². The van der Waals surface area contributed by atoms with Crippen LogP contribution in [0.4, 0.5) is 4.39 Å². The van der Waals surface area contributed by atoms with Crippen molar-refractivity contribution in [3.63, 3.8) is 0 Å². The van der Waals surface area contributed by atoms with Crippen LogP contribution in [0.25, 0.3) is 0 Å². The maximum Gasteiger partial charge on any atom is 0.149 e. The van der Waals surface area contributed by atoms with Crippen LogP contribution in [0.5, 0.6) is 0 Å². The minimum absolute atomic E-state index is 0.0707. The van der Waals surface area contributed by atoms with Crippen LogP contribution in [0.2, 0.25) is 0 Å². The molecule has 0 saturated heterocycles. The maximum absolute atomic E-state index is 12.7. The molecule has 1 saturated carbocycles. The van der Waals surface area contributed by atoms with Crippen LogP contribution < -0.4 is 0 Å². The van der Waals surface area contributed by atoms with E-state index >= 15 is 0 Å². The first-order valence-corrected chi connectivity index (χ1v) is 5.34. The predicted molar refractivity (Wildman–Crippen MR) is 50.3 cm³/mol. The summed E-state index contributed by atoms with van der Waals surface area (Å²) >= 11 is 3.25. The summed E-state index contributed by atoms with van der Waals surface area (Å²) in [7, 11) is 0. The van der Waals surface area contributed by atoms with E-state index in [1.807, 2.05) is 6.92 Å². The highest BCUT2D eigenvalue weighted by Gasteiger charge is 2.27. The minimum atomic E-state index is -0.667. The molecule has 0 aromatic rings. The molecule has 1 nitrogen and oxygen atoms in total. The zero-order valence-electron chi connectivity index (χ0n) is 7.22. The van der Waals surface area contributed by atoms with Crippen molar-refractivity contribution >= 4 is 21.7 Å². The van der Waals surface area contributed by atoms with E-state index in [1.165, 1.54) is 0 Å². The topological polar surface area (TPSA) is 17.1 Å². The molecule has 1 rings (SSSR count). The van der Waals surface area contributed by atoms with E-state index in [-0.39, 0.29) is 16.5 Å². The molecule has 12 heavy (non-hydrogen) atoms. The van der Waals surface area contributed by atoms with Gasteiger partial charge in [0.25, 0.3) is 0 Å². The third-order valence-corrected chi connectivity index (χ3v) is 2.90. The van der Waals surface area contributed by atoms with Crippen LogP contribution in [0.15, 0.2) is 0 Å². The second kappa shape index (κ2) is 4.35. The first kappa shape index (κ1) is 10.2. The molecule has 1 fully saturated rings. The molecule has 0 aliphatic heterocycles. The largest absolute Gasteiger partial charge is 0.298 e. The van der Waals surface area contributed by atoms with Gasteiger partial charge in [0.1, 0.15) is 12.0 Å². The smallest absolute Gasteiger partial charge is 0.149 e. The Labute approximate surface area is 80.8 Å². The minimum Gasteiger partial charge on any atom is -0.298 e. The van der Waals surface area contributed by atoms with Crippen molar-refractivity contribution in [3.05, 3.63) is 0 Å². The monoisotopic (exact) mass is 236 g/mol. The Kier molecular flexibility index (Phi) is 3.69. The first-order valence-electron chi connectivity index (χ1n) is 4.43. The number of hydrogen-bond donors (Lipinski definition) is 0. The molecule has 0 bridgehead atoms. The maximum atomic E-state index is 12.7. The number of Topliss-reactive ketones (excluding diaryl/α,β-unsaturated/α-hetero) is 1. The molecule has 3 heteroatoms. The summed E-state index contributed by atoms with van der Waals surface area (Å²) in [5, 5.41) is 0. The Morgan fingerprint density at radius 2 is 1.92 bits per heavy atom. The highest BCUT2D eigenvalue weighted by Crippen LogP contribution is 2.28. The lowest BCUT2D eigenvalue weighted by Gasteiger charge is -2.23. The summed E-state index contributed by atoms with van der Waals surface area (Å²) in [5.74, 6) is 0.341. The summed E-state index contributed by atoms with van der Waals surface area (Å²) in [6.07, 6.45) is 1.93. The van der Waals surface area contributed by atoms with Gasteiger partial charge in [0, 0.05) is 5.92 Å². The fourth-order valence-electron chi connectivity index (χ4n) is 1.66. The van der Waals surface area contributed by atoms with Gasteiger partial charge in [0.15, 0.2) is 0 Å². The number of ketones is 1. The van der Waals surface area contributed by atoms with Gasteiger partial charge in [-0.15, -0.1) is 0 Å². The van der Waals surface area contributed by atoms with Gasteiger partial charge < -0.3 is 0 Å². The van der Waals surface area contributed by atoms with E-state index in [9.17, 15) is 9.18 Å². The molecular formula is C9H14BrFO. The van der Waals surface area contributed by atoms with Gasteiger partial charge in [0.05, 0.1) is 4.83 Å². The number of carbonyl (C=O) groups excluding carboxylic acids is 1. The van der Waals surface area contributed by atoms with E-state index in [1.54, 1.807) is 0 Å². The van der Waals surface area contributed by atoms with Crippen molar-refractivity contribution in [1.29, 1.82) is 0 Å². The lowest BCUT2D eigenvalue weighted by atomic mass is 9.84. The van der Waals surface area contributed by atoms with E-state index in [2.05, 4.69) is 15.9 Å². The molecule has 0 spiro atoms. The van der Waals surface area contributed by atoms with Crippen molar-refractivity contribution in [2.75, 3.05) is 0 Å². The third kappa shape index (κ3) is 2.54. The third-order valence-electron chi connectivity index (χ3n) is 2.45. The van der Waals surface area contributed by atoms with Crippen molar-refractivity contribution < 1.29 is 9.18 Å². The van der Waals surface area contributed by atoms with Crippen LogP contribution in [0.3, 0.4) is 0 Å². The molecule has 1 aliphatic carbocycles. The second-order valence-corrected chi connectivity index (χ2v) is 4.84. The highest BCUT2D eigenvalue weighted by atomic mass is 79.9. The van der Waals surface area contributed by atoms with E-state index < -0.39 is 6.17 Å². The second-order valence-electron chi connectivity index (χ2n) is 3.47. The zero-order valence-corrected chi connectivity index (χ0v) is 8.81. The molecule has 0 N–H and O–H groups in total. The van der Waals surface area contributed by atoms with Gasteiger partial charge in [-0.2, -0.15) is 0 Å². The molecular weight excluding hydrogens is 223 g/mol. The lowest BCUT2D eigenvalue weighted by molar-refractivity contribution is -0.123. The predicted octanol–water partition coefficient (Wildman–Crippen LogP) is 2.87. The average Bonchev–Trinajstić information content (AvgIpc) is 2.04. The molecule has 0 aromatic carbocycles. The molecule has 1 unspecified atom stereocenters. The molecule has 1 atom stereocenters. The number of hydrogen-bond acceptors (Lipinski definition) is 1. The quantitative estimate of drug-likeness (QED) is 0.675. The number of alkyl halides is 2. The van der Waals surface area contributed by atoms with Crippen molar-refractivity contribution in [3.8, 4) is 0 Å². The van der Waals surface area contributed by atoms with Crippen LogP contribution in [-0.4, -0.2) is 16.8 Å². The van der Waals surface area contributed by atoms with Crippen molar-refractivity contribution in [2.45, 2.75) is 43.6 Å². The Hall–Kier alpha value is 0.0800. The fraction of sp³-hybridized carbons (Fsp3) is 0.889. The summed E-state index contributed by atoms with van der Waals surface area (Å²) in [4.78, 5) is 11.4. The van der Waals surface area contributed by atoms with Crippen LogP contribution in [0.1, 0.15) is 32.6 Å². The summed E-state index contributed by atoms with van der Waals surface area (Å²) in [6, 6.07) is 0. The van der Waals surface area contributed by atoms with E-state index in [0.717, 1.165) is 12.8 Å². The molecule has 0 aromatic heterocycles. The van der Waals surface area contributed by atoms with Crippen molar-refractivity contribution in [1.82, 2.24) is 0 Å². The summed E-state index contributed by atoms with van der Waals surface area (Å²) in [6.45, 7) is 1.84. The van der Waals surface area contributed by atoms with Crippen molar-refractivity contribution in [2.24, 2.45) is 5.92 Å².